The quantitative estimate of drug-likeness (QED) is 0.824. The van der Waals surface area contributed by atoms with Crippen LogP contribution in [0, 0.1) is 0 Å². The van der Waals surface area contributed by atoms with E-state index in [1.165, 1.54) is 17.5 Å². The minimum absolute atomic E-state index is 0.287. The predicted molar refractivity (Wildman–Crippen MR) is 80.4 cm³/mol. The largest absolute Gasteiger partial charge is 0.323 e. The number of carbonyl (C=O) groups excluding carboxylic acids is 1. The molecule has 0 unspecified atom stereocenters. The van der Waals surface area contributed by atoms with Gasteiger partial charge in [0, 0.05) is 17.6 Å². The second-order valence-corrected chi connectivity index (χ2v) is 5.17. The lowest BCUT2D eigenvalue weighted by atomic mass is 10.1. The predicted octanol–water partition coefficient (Wildman–Crippen LogP) is 3.87. The Bertz CT molecular complexity index is 657. The van der Waals surface area contributed by atoms with Gasteiger partial charge in [-0.2, -0.15) is 0 Å². The molecule has 1 aromatic heterocycles. The number of urea groups is 1. The Morgan fingerprint density at radius 1 is 1.05 bits per heavy atom. The number of hydrogen-bond donors (Lipinski definition) is 2. The van der Waals surface area contributed by atoms with E-state index in [9.17, 15) is 4.79 Å². The Kier molecular flexibility index (Phi) is 3.56. The fourth-order valence-corrected chi connectivity index (χ4v) is 2.60. The van der Waals surface area contributed by atoms with Gasteiger partial charge >= 0.3 is 6.03 Å². The molecule has 0 aliphatic heterocycles. The van der Waals surface area contributed by atoms with Gasteiger partial charge in [-0.15, -0.1) is 0 Å². The van der Waals surface area contributed by atoms with E-state index in [2.05, 4.69) is 21.7 Å². The second-order valence-electron chi connectivity index (χ2n) is 4.78. The van der Waals surface area contributed by atoms with Crippen molar-refractivity contribution in [3.05, 3.63) is 52.8 Å². The Labute approximate surface area is 122 Å². The molecular formula is C15H14ClN3O. The van der Waals surface area contributed by atoms with E-state index in [1.54, 1.807) is 18.3 Å². The number of aromatic nitrogens is 1. The highest BCUT2D eigenvalue weighted by molar-refractivity contribution is 6.29. The van der Waals surface area contributed by atoms with Gasteiger partial charge in [-0.05, 0) is 54.7 Å². The Morgan fingerprint density at radius 2 is 1.80 bits per heavy atom. The SMILES string of the molecule is O=C(Nc1ccnc(Cl)c1)Nc1ccc2c(c1)CCC2. The Morgan fingerprint density at radius 3 is 2.60 bits per heavy atom. The Balaban J connectivity index is 1.67. The van der Waals surface area contributed by atoms with Crippen molar-refractivity contribution in [3.63, 3.8) is 0 Å². The van der Waals surface area contributed by atoms with Gasteiger partial charge in [-0.25, -0.2) is 9.78 Å². The zero-order valence-corrected chi connectivity index (χ0v) is 11.6. The molecule has 1 aliphatic carbocycles. The highest BCUT2D eigenvalue weighted by Crippen LogP contribution is 2.25. The summed E-state index contributed by atoms with van der Waals surface area (Å²) < 4.78 is 0. The zero-order valence-electron chi connectivity index (χ0n) is 10.8. The average molecular weight is 288 g/mol. The molecule has 0 radical (unpaired) electrons. The van der Waals surface area contributed by atoms with Crippen LogP contribution in [0.2, 0.25) is 5.15 Å². The van der Waals surface area contributed by atoms with Crippen LogP contribution in [-0.2, 0) is 12.8 Å². The molecular weight excluding hydrogens is 274 g/mol. The van der Waals surface area contributed by atoms with Gasteiger partial charge in [0.25, 0.3) is 0 Å². The number of rotatable bonds is 2. The minimum Gasteiger partial charge on any atom is -0.308 e. The van der Waals surface area contributed by atoms with Crippen molar-refractivity contribution in [1.82, 2.24) is 4.98 Å². The molecule has 0 spiro atoms. The molecule has 0 saturated carbocycles. The first kappa shape index (κ1) is 12.9. The van der Waals surface area contributed by atoms with Crippen molar-refractivity contribution in [3.8, 4) is 0 Å². The number of pyridine rings is 1. The lowest BCUT2D eigenvalue weighted by Gasteiger charge is -2.09. The summed E-state index contributed by atoms with van der Waals surface area (Å²) in [5, 5.41) is 5.90. The summed E-state index contributed by atoms with van der Waals surface area (Å²) in [6.07, 6.45) is 4.97. The highest BCUT2D eigenvalue weighted by Gasteiger charge is 2.11. The van der Waals surface area contributed by atoms with Crippen LogP contribution in [0.3, 0.4) is 0 Å². The maximum atomic E-state index is 11.9. The minimum atomic E-state index is -0.287. The summed E-state index contributed by atoms with van der Waals surface area (Å²) in [5.41, 5.74) is 4.14. The van der Waals surface area contributed by atoms with E-state index in [4.69, 9.17) is 11.6 Å². The molecule has 4 nitrogen and oxygen atoms in total. The van der Waals surface area contributed by atoms with E-state index in [0.717, 1.165) is 18.5 Å². The smallest absolute Gasteiger partial charge is 0.308 e. The molecule has 0 bridgehead atoms. The molecule has 3 rings (SSSR count). The third kappa shape index (κ3) is 2.91. The molecule has 2 amide bonds. The lowest BCUT2D eigenvalue weighted by molar-refractivity contribution is 0.262. The fourth-order valence-electron chi connectivity index (χ4n) is 2.42. The number of nitrogens with one attached hydrogen (secondary N) is 2. The number of carbonyl (C=O) groups is 1. The van der Waals surface area contributed by atoms with E-state index in [1.807, 2.05) is 12.1 Å². The first-order valence-electron chi connectivity index (χ1n) is 6.52. The molecule has 2 N–H and O–H groups in total. The third-order valence-corrected chi connectivity index (χ3v) is 3.55. The van der Waals surface area contributed by atoms with Crippen molar-refractivity contribution >= 4 is 29.0 Å². The van der Waals surface area contributed by atoms with E-state index >= 15 is 0 Å². The number of amides is 2. The third-order valence-electron chi connectivity index (χ3n) is 3.34. The van der Waals surface area contributed by atoms with E-state index in [-0.39, 0.29) is 6.03 Å². The number of anilines is 2. The molecule has 5 heteroatoms. The van der Waals surface area contributed by atoms with E-state index in [0.29, 0.717) is 10.8 Å². The van der Waals surface area contributed by atoms with Crippen LogP contribution in [0.15, 0.2) is 36.5 Å². The molecule has 20 heavy (non-hydrogen) atoms. The summed E-state index contributed by atoms with van der Waals surface area (Å²) in [7, 11) is 0. The standard InChI is InChI=1S/C15H14ClN3O/c16-14-9-13(6-7-17-14)19-15(20)18-12-5-4-10-2-1-3-11(10)8-12/h4-9H,1-3H2,(H2,17,18,19,20). The summed E-state index contributed by atoms with van der Waals surface area (Å²) >= 11 is 5.77. The first-order valence-corrected chi connectivity index (χ1v) is 6.90. The normalized spacial score (nSPS) is 12.8. The van der Waals surface area contributed by atoms with Gasteiger partial charge in [0.2, 0.25) is 0 Å². The van der Waals surface area contributed by atoms with Gasteiger partial charge < -0.3 is 10.6 Å². The molecule has 0 fully saturated rings. The molecule has 0 saturated heterocycles. The molecule has 1 heterocycles. The van der Waals surface area contributed by atoms with Crippen LogP contribution in [0.1, 0.15) is 17.5 Å². The van der Waals surface area contributed by atoms with Crippen LogP contribution < -0.4 is 10.6 Å². The Hall–Kier alpha value is -2.07. The van der Waals surface area contributed by atoms with Crippen LogP contribution >= 0.6 is 11.6 Å². The second kappa shape index (κ2) is 5.51. The number of hydrogen-bond acceptors (Lipinski definition) is 2. The van der Waals surface area contributed by atoms with Gasteiger partial charge in [-0.3, -0.25) is 0 Å². The van der Waals surface area contributed by atoms with Gasteiger partial charge in [0.1, 0.15) is 5.15 Å². The maximum Gasteiger partial charge on any atom is 0.323 e. The molecule has 102 valence electrons. The van der Waals surface area contributed by atoms with Crippen LogP contribution in [0.4, 0.5) is 16.2 Å². The van der Waals surface area contributed by atoms with Gasteiger partial charge in [0.15, 0.2) is 0 Å². The van der Waals surface area contributed by atoms with Crippen molar-refractivity contribution in [2.24, 2.45) is 0 Å². The van der Waals surface area contributed by atoms with Crippen molar-refractivity contribution < 1.29 is 4.79 Å². The number of aryl methyl sites for hydroxylation is 2. The fraction of sp³-hybridized carbons (Fsp3) is 0.200. The summed E-state index contributed by atoms with van der Waals surface area (Å²) in [4.78, 5) is 15.8. The maximum absolute atomic E-state index is 11.9. The summed E-state index contributed by atoms with van der Waals surface area (Å²) in [6.45, 7) is 0. The topological polar surface area (TPSA) is 54.0 Å². The number of halogens is 1. The van der Waals surface area contributed by atoms with Gasteiger partial charge in [0.05, 0.1) is 0 Å². The monoisotopic (exact) mass is 287 g/mol. The molecule has 1 aliphatic rings. The highest BCUT2D eigenvalue weighted by atomic mass is 35.5. The van der Waals surface area contributed by atoms with Crippen molar-refractivity contribution in [2.75, 3.05) is 10.6 Å². The molecule has 2 aromatic rings. The first-order chi connectivity index (χ1) is 9.70. The van der Waals surface area contributed by atoms with Crippen molar-refractivity contribution in [2.45, 2.75) is 19.3 Å². The summed E-state index contributed by atoms with van der Waals surface area (Å²) in [6, 6.07) is 9.06. The zero-order chi connectivity index (χ0) is 13.9. The number of fused-ring (bicyclic) bond motifs is 1. The number of benzene rings is 1. The summed E-state index contributed by atoms with van der Waals surface area (Å²) in [5.74, 6) is 0. The lowest BCUT2D eigenvalue weighted by Crippen LogP contribution is -2.19. The molecule has 0 atom stereocenters. The van der Waals surface area contributed by atoms with Crippen LogP contribution in [-0.4, -0.2) is 11.0 Å². The van der Waals surface area contributed by atoms with Gasteiger partial charge in [-0.1, -0.05) is 17.7 Å². The van der Waals surface area contributed by atoms with Crippen LogP contribution in [0.25, 0.3) is 0 Å². The van der Waals surface area contributed by atoms with Crippen LogP contribution in [0.5, 0.6) is 0 Å². The van der Waals surface area contributed by atoms with Crippen molar-refractivity contribution in [1.29, 1.82) is 0 Å². The van der Waals surface area contributed by atoms with E-state index < -0.39 is 0 Å². The average Bonchev–Trinajstić information content (AvgIpc) is 2.86. The number of nitrogens with zero attached hydrogens (tertiary/aromatic N) is 1. The molecule has 1 aromatic carbocycles.